The maximum absolute atomic E-state index is 10.0. The van der Waals surface area contributed by atoms with Crippen molar-refractivity contribution in [3.05, 3.63) is 36.4 Å². The molecule has 1 rings (SSSR count). The molecule has 0 saturated heterocycles. The minimum absolute atomic E-state index is 0.213. The fraction of sp³-hybridized carbons (Fsp3) is 0.364. The molecule has 0 aliphatic rings. The molecule has 0 unspecified atom stereocenters. The van der Waals surface area contributed by atoms with Crippen LogP contribution in [0.1, 0.15) is 20.3 Å². The van der Waals surface area contributed by atoms with Crippen LogP contribution >= 0.6 is 0 Å². The van der Waals surface area contributed by atoms with Crippen LogP contribution < -0.4 is 5.73 Å². The Balaban J connectivity index is 0.000000223. The van der Waals surface area contributed by atoms with Gasteiger partial charge in [0.05, 0.1) is 0 Å². The van der Waals surface area contributed by atoms with Crippen LogP contribution in [0.2, 0.25) is 0 Å². The van der Waals surface area contributed by atoms with Gasteiger partial charge >= 0.3 is 0 Å². The fourth-order valence-electron chi connectivity index (χ4n) is 0.787. The van der Waals surface area contributed by atoms with Gasteiger partial charge in [-0.05, 0) is 5.92 Å². The first-order valence-electron chi connectivity index (χ1n) is 4.41. The van der Waals surface area contributed by atoms with E-state index in [2.05, 4.69) is 0 Å². The van der Waals surface area contributed by atoms with Crippen molar-refractivity contribution in [3.8, 4) is 0 Å². The molecule has 0 heterocycles. The molecule has 0 radical (unpaired) electrons. The van der Waals surface area contributed by atoms with Crippen molar-refractivity contribution < 1.29 is 4.79 Å². The number of rotatable bonds is 2. The Morgan fingerprint density at radius 3 is 1.46 bits per heavy atom. The highest BCUT2D eigenvalue weighted by atomic mass is 16.1. The van der Waals surface area contributed by atoms with Gasteiger partial charge in [0.1, 0.15) is 0 Å². The van der Waals surface area contributed by atoms with Crippen LogP contribution in [0.3, 0.4) is 0 Å². The van der Waals surface area contributed by atoms with Crippen molar-refractivity contribution in [1.82, 2.24) is 0 Å². The normalized spacial score (nSPS) is 8.85. The van der Waals surface area contributed by atoms with E-state index in [0.717, 1.165) is 0 Å². The van der Waals surface area contributed by atoms with Crippen molar-refractivity contribution in [1.29, 1.82) is 0 Å². The average molecular weight is 179 g/mol. The van der Waals surface area contributed by atoms with Crippen LogP contribution in [0, 0.1) is 5.92 Å². The number of carbonyl (C=O) groups excluding carboxylic acids is 1. The largest absolute Gasteiger partial charge is 0.370 e. The summed E-state index contributed by atoms with van der Waals surface area (Å²) in [6.07, 6.45) is 0.500. The van der Waals surface area contributed by atoms with Crippen molar-refractivity contribution in [2.75, 3.05) is 0 Å². The van der Waals surface area contributed by atoms with Gasteiger partial charge in [-0.3, -0.25) is 4.79 Å². The Labute approximate surface area is 79.8 Å². The van der Waals surface area contributed by atoms with E-state index in [1.54, 1.807) is 0 Å². The lowest BCUT2D eigenvalue weighted by atomic mass is 10.1. The van der Waals surface area contributed by atoms with Gasteiger partial charge in [0, 0.05) is 6.42 Å². The molecule has 0 atom stereocenters. The summed E-state index contributed by atoms with van der Waals surface area (Å²) < 4.78 is 0. The van der Waals surface area contributed by atoms with E-state index in [-0.39, 0.29) is 5.91 Å². The lowest BCUT2D eigenvalue weighted by molar-refractivity contribution is -0.118. The second-order valence-electron chi connectivity index (χ2n) is 3.22. The first-order valence-corrected chi connectivity index (χ1v) is 4.41. The molecule has 13 heavy (non-hydrogen) atoms. The SMILES string of the molecule is CC(C)CC(N)=O.c1ccccc1. The number of amides is 1. The first kappa shape index (κ1) is 11.7. The van der Waals surface area contributed by atoms with Crippen molar-refractivity contribution >= 4 is 5.91 Å². The van der Waals surface area contributed by atoms with Gasteiger partial charge in [-0.15, -0.1) is 0 Å². The molecule has 0 saturated carbocycles. The summed E-state index contributed by atoms with van der Waals surface area (Å²) in [5.41, 5.74) is 4.85. The number of primary amides is 1. The van der Waals surface area contributed by atoms with E-state index < -0.39 is 0 Å². The second kappa shape index (κ2) is 7.35. The molecule has 0 aliphatic heterocycles. The van der Waals surface area contributed by atoms with Crippen LogP contribution in [0.4, 0.5) is 0 Å². The number of nitrogens with two attached hydrogens (primary N) is 1. The molecule has 0 fully saturated rings. The molecule has 0 aliphatic carbocycles. The molecule has 72 valence electrons. The molecule has 0 spiro atoms. The standard InChI is InChI=1S/C6H6.C5H11NO/c1-2-4-6-5-3-1;1-4(2)3-5(6)7/h1-6H;4H,3H2,1-2H3,(H2,6,7). The first-order chi connectivity index (χ1) is 6.13. The summed E-state index contributed by atoms with van der Waals surface area (Å²) in [4.78, 5) is 10.0. The number of benzene rings is 1. The molecule has 1 amide bonds. The van der Waals surface area contributed by atoms with Crippen LogP contribution in [-0.2, 0) is 4.79 Å². The van der Waals surface area contributed by atoms with E-state index in [1.807, 2.05) is 50.2 Å². The summed E-state index contributed by atoms with van der Waals surface area (Å²) in [5, 5.41) is 0. The average Bonchev–Trinajstić information content (AvgIpc) is 2.06. The smallest absolute Gasteiger partial charge is 0.217 e. The molecular weight excluding hydrogens is 162 g/mol. The minimum Gasteiger partial charge on any atom is -0.370 e. The van der Waals surface area contributed by atoms with E-state index in [4.69, 9.17) is 5.73 Å². The summed E-state index contributed by atoms with van der Waals surface area (Å²) in [6.45, 7) is 3.93. The monoisotopic (exact) mass is 179 g/mol. The molecule has 1 aromatic carbocycles. The lowest BCUT2D eigenvalue weighted by Gasteiger charge is -1.95. The van der Waals surface area contributed by atoms with Gasteiger partial charge in [-0.25, -0.2) is 0 Å². The van der Waals surface area contributed by atoms with Gasteiger partial charge in [0.25, 0.3) is 0 Å². The van der Waals surface area contributed by atoms with Crippen LogP contribution in [0.25, 0.3) is 0 Å². The topological polar surface area (TPSA) is 43.1 Å². The molecule has 0 aromatic heterocycles. The third kappa shape index (κ3) is 10.7. The highest BCUT2D eigenvalue weighted by molar-refractivity contribution is 5.73. The third-order valence-corrected chi connectivity index (χ3v) is 1.28. The quantitative estimate of drug-likeness (QED) is 0.743. The van der Waals surface area contributed by atoms with E-state index in [9.17, 15) is 4.79 Å². The lowest BCUT2D eigenvalue weighted by Crippen LogP contribution is -2.12. The van der Waals surface area contributed by atoms with Crippen LogP contribution in [-0.4, -0.2) is 5.91 Å². The maximum Gasteiger partial charge on any atom is 0.217 e. The van der Waals surface area contributed by atoms with Crippen molar-refractivity contribution in [2.45, 2.75) is 20.3 Å². The van der Waals surface area contributed by atoms with Gasteiger partial charge in [-0.2, -0.15) is 0 Å². The van der Waals surface area contributed by atoms with E-state index in [1.165, 1.54) is 0 Å². The predicted molar refractivity (Wildman–Crippen MR) is 55.1 cm³/mol. The number of carbonyl (C=O) groups is 1. The predicted octanol–water partition coefficient (Wildman–Crippen LogP) is 2.20. The van der Waals surface area contributed by atoms with E-state index >= 15 is 0 Å². The Morgan fingerprint density at radius 2 is 1.38 bits per heavy atom. The van der Waals surface area contributed by atoms with Crippen LogP contribution in [0.15, 0.2) is 36.4 Å². The highest BCUT2D eigenvalue weighted by Gasteiger charge is 1.96. The molecule has 1 aromatic rings. The van der Waals surface area contributed by atoms with Crippen molar-refractivity contribution in [2.24, 2.45) is 11.7 Å². The Bertz CT molecular complexity index is 192. The fourth-order valence-corrected chi connectivity index (χ4v) is 0.787. The molecular formula is C11H17NO. The van der Waals surface area contributed by atoms with Gasteiger partial charge in [0.15, 0.2) is 0 Å². The maximum atomic E-state index is 10.0. The van der Waals surface area contributed by atoms with Gasteiger partial charge in [0.2, 0.25) is 5.91 Å². The molecule has 2 heteroatoms. The summed E-state index contributed by atoms with van der Waals surface area (Å²) in [7, 11) is 0. The molecule has 2 N–H and O–H groups in total. The summed E-state index contributed by atoms with van der Waals surface area (Å²) in [6, 6.07) is 12.0. The summed E-state index contributed by atoms with van der Waals surface area (Å²) >= 11 is 0. The Morgan fingerprint density at radius 1 is 1.08 bits per heavy atom. The molecule has 2 nitrogen and oxygen atoms in total. The van der Waals surface area contributed by atoms with Crippen LogP contribution in [0.5, 0.6) is 0 Å². The Hall–Kier alpha value is -1.31. The third-order valence-electron chi connectivity index (χ3n) is 1.28. The zero-order valence-corrected chi connectivity index (χ0v) is 8.23. The molecule has 0 bridgehead atoms. The van der Waals surface area contributed by atoms with Crippen molar-refractivity contribution in [3.63, 3.8) is 0 Å². The Kier molecular flexibility index (Phi) is 6.60. The second-order valence-corrected chi connectivity index (χ2v) is 3.22. The zero-order chi connectivity index (χ0) is 10.1. The van der Waals surface area contributed by atoms with Gasteiger partial charge in [-0.1, -0.05) is 50.2 Å². The van der Waals surface area contributed by atoms with Gasteiger partial charge < -0.3 is 5.73 Å². The minimum atomic E-state index is -0.213. The number of hydrogen-bond donors (Lipinski definition) is 1. The van der Waals surface area contributed by atoms with E-state index in [0.29, 0.717) is 12.3 Å². The zero-order valence-electron chi connectivity index (χ0n) is 8.23. The number of hydrogen-bond acceptors (Lipinski definition) is 1. The highest BCUT2D eigenvalue weighted by Crippen LogP contribution is 1.95. The summed E-state index contributed by atoms with van der Waals surface area (Å²) in [5.74, 6) is 0.188.